The summed E-state index contributed by atoms with van der Waals surface area (Å²) in [5.74, 6) is 0.154. The highest BCUT2D eigenvalue weighted by atomic mass is 16.1. The van der Waals surface area contributed by atoms with Crippen molar-refractivity contribution < 1.29 is 4.79 Å². The first-order chi connectivity index (χ1) is 10.3. The van der Waals surface area contributed by atoms with Gasteiger partial charge in [-0.2, -0.15) is 0 Å². The van der Waals surface area contributed by atoms with Crippen LogP contribution in [0.5, 0.6) is 0 Å². The summed E-state index contributed by atoms with van der Waals surface area (Å²) in [6.45, 7) is 2.05. The Morgan fingerprint density at radius 1 is 0.857 bits per heavy atom. The van der Waals surface area contributed by atoms with Crippen molar-refractivity contribution in [2.45, 2.75) is 6.54 Å². The van der Waals surface area contributed by atoms with Gasteiger partial charge in [-0.15, -0.1) is 0 Å². The molecule has 0 aliphatic carbocycles. The van der Waals surface area contributed by atoms with Crippen LogP contribution in [-0.2, 0) is 6.54 Å². The summed E-state index contributed by atoms with van der Waals surface area (Å²) in [6, 6.07) is 19.8. The van der Waals surface area contributed by atoms with Crippen LogP contribution in [0.3, 0.4) is 0 Å². The van der Waals surface area contributed by atoms with Crippen LogP contribution in [-0.4, -0.2) is 28.8 Å². The first-order valence-electron chi connectivity index (χ1n) is 7.10. The summed E-state index contributed by atoms with van der Waals surface area (Å²) in [7, 11) is 0. The smallest absolute Gasteiger partial charge is 0.182 e. The molecule has 0 aromatic heterocycles. The normalized spacial score (nSPS) is 13.7. The highest BCUT2D eigenvalue weighted by Crippen LogP contribution is 2.12. The van der Waals surface area contributed by atoms with Crippen LogP contribution < -0.4 is 0 Å². The summed E-state index contributed by atoms with van der Waals surface area (Å²) in [5.41, 5.74) is 2.05. The number of benzene rings is 2. The number of nitrogens with zero attached hydrogens (tertiary/aromatic N) is 2. The molecule has 0 fully saturated rings. The average Bonchev–Trinajstić information content (AvgIpc) is 2.96. The van der Waals surface area contributed by atoms with Crippen molar-refractivity contribution in [3.05, 3.63) is 84.2 Å². The lowest BCUT2D eigenvalue weighted by atomic mass is 10.1. The highest BCUT2D eigenvalue weighted by molar-refractivity contribution is 5.97. The predicted octanol–water partition coefficient (Wildman–Crippen LogP) is 3.12. The van der Waals surface area contributed by atoms with E-state index in [1.165, 1.54) is 5.56 Å². The summed E-state index contributed by atoms with van der Waals surface area (Å²) < 4.78 is 0. The second-order valence-electron chi connectivity index (χ2n) is 5.21. The van der Waals surface area contributed by atoms with Crippen molar-refractivity contribution >= 4 is 5.78 Å². The van der Waals surface area contributed by atoms with Gasteiger partial charge in [-0.3, -0.25) is 4.79 Å². The minimum Gasteiger partial charge on any atom is -0.354 e. The lowest BCUT2D eigenvalue weighted by Crippen LogP contribution is -2.29. The Hall–Kier alpha value is -2.55. The number of Topliss-reactive ketones (excluding diaryl/α,β-unsaturated/α-hetero) is 1. The maximum Gasteiger partial charge on any atom is 0.182 e. The predicted molar refractivity (Wildman–Crippen MR) is 83.5 cm³/mol. The van der Waals surface area contributed by atoms with E-state index in [0.29, 0.717) is 6.54 Å². The molecule has 0 atom stereocenters. The molecule has 0 N–H and O–H groups in total. The van der Waals surface area contributed by atoms with Gasteiger partial charge in [0.1, 0.15) is 0 Å². The molecule has 0 unspecified atom stereocenters. The zero-order valence-corrected chi connectivity index (χ0v) is 11.9. The molecule has 3 nitrogen and oxygen atoms in total. The minimum atomic E-state index is 0.154. The Balaban J connectivity index is 1.54. The van der Waals surface area contributed by atoms with E-state index >= 15 is 0 Å². The summed E-state index contributed by atoms with van der Waals surface area (Å²) in [4.78, 5) is 16.4. The molecule has 0 saturated heterocycles. The number of carbonyl (C=O) groups is 1. The van der Waals surface area contributed by atoms with Crippen LogP contribution in [0.2, 0.25) is 0 Å². The molecule has 3 heteroatoms. The van der Waals surface area contributed by atoms with E-state index in [2.05, 4.69) is 17.0 Å². The zero-order chi connectivity index (χ0) is 14.5. The SMILES string of the molecule is O=C(CN1C=CN(Cc2ccccc2)C1)c1ccccc1. The van der Waals surface area contributed by atoms with E-state index in [0.717, 1.165) is 18.8 Å². The largest absolute Gasteiger partial charge is 0.354 e. The number of hydrogen-bond acceptors (Lipinski definition) is 3. The van der Waals surface area contributed by atoms with Crippen molar-refractivity contribution in [1.82, 2.24) is 9.80 Å². The molecule has 0 amide bonds. The van der Waals surface area contributed by atoms with Gasteiger partial charge in [0.2, 0.25) is 0 Å². The van der Waals surface area contributed by atoms with Crippen LogP contribution in [0.1, 0.15) is 15.9 Å². The van der Waals surface area contributed by atoms with Crippen molar-refractivity contribution in [3.63, 3.8) is 0 Å². The van der Waals surface area contributed by atoms with Crippen molar-refractivity contribution in [2.24, 2.45) is 0 Å². The molecule has 2 aromatic rings. The van der Waals surface area contributed by atoms with Gasteiger partial charge in [-0.05, 0) is 5.56 Å². The molecule has 2 aromatic carbocycles. The minimum absolute atomic E-state index is 0.154. The van der Waals surface area contributed by atoms with E-state index in [1.807, 2.05) is 65.8 Å². The standard InChI is InChI=1S/C18H18N2O/c21-18(17-9-5-2-6-10-17)14-20-12-11-19(15-20)13-16-7-3-1-4-8-16/h1-12H,13-15H2. The van der Waals surface area contributed by atoms with Gasteiger partial charge >= 0.3 is 0 Å². The summed E-state index contributed by atoms with van der Waals surface area (Å²) in [6.07, 6.45) is 4.04. The molecule has 0 saturated carbocycles. The number of hydrogen-bond donors (Lipinski definition) is 0. The number of carbonyl (C=O) groups excluding carboxylic acids is 1. The second kappa shape index (κ2) is 6.27. The maximum atomic E-state index is 12.2. The zero-order valence-electron chi connectivity index (χ0n) is 11.9. The van der Waals surface area contributed by atoms with Gasteiger partial charge in [0.25, 0.3) is 0 Å². The van der Waals surface area contributed by atoms with E-state index in [-0.39, 0.29) is 5.78 Å². The van der Waals surface area contributed by atoms with Gasteiger partial charge in [-0.1, -0.05) is 60.7 Å². The molecule has 0 spiro atoms. The lowest BCUT2D eigenvalue weighted by Gasteiger charge is -2.20. The molecule has 21 heavy (non-hydrogen) atoms. The van der Waals surface area contributed by atoms with Crippen molar-refractivity contribution in [1.29, 1.82) is 0 Å². The van der Waals surface area contributed by atoms with E-state index in [9.17, 15) is 4.79 Å². The van der Waals surface area contributed by atoms with E-state index in [4.69, 9.17) is 0 Å². The first-order valence-corrected chi connectivity index (χ1v) is 7.10. The Bertz CT molecular complexity index is 622. The summed E-state index contributed by atoms with van der Waals surface area (Å²) >= 11 is 0. The van der Waals surface area contributed by atoms with E-state index in [1.54, 1.807) is 0 Å². The van der Waals surface area contributed by atoms with Crippen LogP contribution >= 0.6 is 0 Å². The Morgan fingerprint density at radius 2 is 1.48 bits per heavy atom. The van der Waals surface area contributed by atoms with Gasteiger partial charge in [0, 0.05) is 24.5 Å². The molecular formula is C18H18N2O. The number of rotatable bonds is 5. The van der Waals surface area contributed by atoms with Gasteiger partial charge in [0.15, 0.2) is 5.78 Å². The van der Waals surface area contributed by atoms with Crippen molar-refractivity contribution in [3.8, 4) is 0 Å². The van der Waals surface area contributed by atoms with Gasteiger partial charge in [-0.25, -0.2) is 0 Å². The van der Waals surface area contributed by atoms with Crippen LogP contribution in [0.25, 0.3) is 0 Å². The first kappa shape index (κ1) is 13.4. The third-order valence-corrected chi connectivity index (χ3v) is 3.52. The number of ketones is 1. The average molecular weight is 278 g/mol. The van der Waals surface area contributed by atoms with Crippen molar-refractivity contribution in [2.75, 3.05) is 13.2 Å². The van der Waals surface area contributed by atoms with Crippen LogP contribution in [0, 0.1) is 0 Å². The Labute approximate surface area is 125 Å². The molecule has 106 valence electrons. The third-order valence-electron chi connectivity index (χ3n) is 3.52. The van der Waals surface area contributed by atoms with Crippen LogP contribution in [0.4, 0.5) is 0 Å². The molecule has 3 rings (SSSR count). The van der Waals surface area contributed by atoms with E-state index < -0.39 is 0 Å². The lowest BCUT2D eigenvalue weighted by molar-refractivity contribution is 0.0944. The molecule has 0 bridgehead atoms. The summed E-state index contributed by atoms with van der Waals surface area (Å²) in [5, 5.41) is 0. The highest BCUT2D eigenvalue weighted by Gasteiger charge is 2.16. The Morgan fingerprint density at radius 3 is 2.19 bits per heavy atom. The molecule has 1 aliphatic rings. The third kappa shape index (κ3) is 3.51. The fraction of sp³-hybridized carbons (Fsp3) is 0.167. The van der Waals surface area contributed by atoms with Crippen LogP contribution in [0.15, 0.2) is 73.1 Å². The molecule has 1 aliphatic heterocycles. The van der Waals surface area contributed by atoms with Gasteiger partial charge in [0.05, 0.1) is 13.2 Å². The molecule has 1 heterocycles. The van der Waals surface area contributed by atoms with Gasteiger partial charge < -0.3 is 9.80 Å². The quantitative estimate of drug-likeness (QED) is 0.785. The fourth-order valence-corrected chi connectivity index (χ4v) is 2.44. The topological polar surface area (TPSA) is 23.6 Å². The molecule has 0 radical (unpaired) electrons. The monoisotopic (exact) mass is 278 g/mol. The Kier molecular flexibility index (Phi) is 4.01. The maximum absolute atomic E-state index is 12.2. The fourth-order valence-electron chi connectivity index (χ4n) is 2.44. The molecular weight excluding hydrogens is 260 g/mol. The second-order valence-corrected chi connectivity index (χ2v) is 5.21.